The molecule has 3 aromatic rings. The number of fused-ring (bicyclic) bond motifs is 3. The van der Waals surface area contributed by atoms with Gasteiger partial charge in [0.1, 0.15) is 24.0 Å². The maximum Gasteiger partial charge on any atom is 0.534 e. The standard InChI is InChI=1S/C29H28F3NO7S/c1-28(2,3)39-26(34)25(16-18-12-14-19(15-13-18)40-41(36,37)29(30,31)32)33-27(35)38-17-24-22-10-6-4-8-20(22)21-9-5-7-11-23(21)24/h4-15,24-25H,16-17H2,1-3H3,(H,33,35)/t25-/m0/s1. The van der Waals surface area contributed by atoms with Crippen molar-refractivity contribution in [2.45, 2.75) is 50.3 Å². The third-order valence-corrected chi connectivity index (χ3v) is 7.16. The number of alkyl carbamates (subject to hydrolysis) is 1. The maximum atomic E-state index is 12.9. The van der Waals surface area contributed by atoms with Crippen LogP contribution in [-0.4, -0.2) is 44.2 Å². The van der Waals surface area contributed by atoms with Gasteiger partial charge in [-0.25, -0.2) is 9.59 Å². The molecule has 0 unspecified atom stereocenters. The molecule has 0 fully saturated rings. The number of ether oxygens (including phenoxy) is 2. The highest BCUT2D eigenvalue weighted by Crippen LogP contribution is 2.44. The van der Waals surface area contributed by atoms with Gasteiger partial charge in [-0.05, 0) is 60.7 Å². The van der Waals surface area contributed by atoms with Crippen LogP contribution in [0, 0.1) is 0 Å². The van der Waals surface area contributed by atoms with Gasteiger partial charge in [-0.3, -0.25) is 0 Å². The molecule has 0 bridgehead atoms. The molecule has 218 valence electrons. The Kier molecular flexibility index (Phi) is 8.34. The van der Waals surface area contributed by atoms with Crippen LogP contribution in [-0.2, 0) is 30.8 Å². The molecule has 0 aromatic heterocycles. The number of hydrogen-bond donors (Lipinski definition) is 1. The van der Waals surface area contributed by atoms with Crippen molar-refractivity contribution in [3.63, 3.8) is 0 Å². The second-order valence-electron chi connectivity index (χ2n) is 10.4. The predicted octanol–water partition coefficient (Wildman–Crippen LogP) is 5.71. The number of carbonyl (C=O) groups excluding carboxylic acids is 2. The van der Waals surface area contributed by atoms with Crippen LogP contribution in [0.2, 0.25) is 0 Å². The van der Waals surface area contributed by atoms with Crippen LogP contribution in [0.15, 0.2) is 72.8 Å². The van der Waals surface area contributed by atoms with E-state index in [1.165, 1.54) is 12.1 Å². The fourth-order valence-electron chi connectivity index (χ4n) is 4.44. The molecule has 0 saturated carbocycles. The van der Waals surface area contributed by atoms with Gasteiger partial charge < -0.3 is 19.0 Å². The number of benzene rings is 3. The largest absolute Gasteiger partial charge is 0.534 e. The van der Waals surface area contributed by atoms with Crippen molar-refractivity contribution in [2.75, 3.05) is 6.61 Å². The van der Waals surface area contributed by atoms with E-state index in [2.05, 4.69) is 9.50 Å². The number of hydrogen-bond acceptors (Lipinski definition) is 7. The summed E-state index contributed by atoms with van der Waals surface area (Å²) >= 11 is 0. The van der Waals surface area contributed by atoms with Gasteiger partial charge in [0.2, 0.25) is 0 Å². The maximum absolute atomic E-state index is 12.9. The summed E-state index contributed by atoms with van der Waals surface area (Å²) in [5, 5.41) is 2.52. The molecule has 1 atom stereocenters. The number of amides is 1. The second kappa shape index (κ2) is 11.4. The summed E-state index contributed by atoms with van der Waals surface area (Å²) in [6.07, 6.45) is -0.982. The molecule has 1 amide bonds. The zero-order chi connectivity index (χ0) is 30.0. The SMILES string of the molecule is CC(C)(C)OC(=O)[C@H](Cc1ccc(OS(=O)(=O)C(F)(F)F)cc1)NC(=O)OCC1c2ccccc2-c2ccccc21. The molecule has 12 heteroatoms. The normalized spacial score (nSPS) is 14.0. The van der Waals surface area contributed by atoms with Crippen molar-refractivity contribution in [2.24, 2.45) is 0 Å². The zero-order valence-electron chi connectivity index (χ0n) is 22.4. The molecule has 1 aliphatic carbocycles. The first kappa shape index (κ1) is 29.9. The highest BCUT2D eigenvalue weighted by atomic mass is 32.2. The average Bonchev–Trinajstić information content (AvgIpc) is 3.20. The lowest BCUT2D eigenvalue weighted by molar-refractivity contribution is -0.157. The van der Waals surface area contributed by atoms with Crippen molar-refractivity contribution in [1.29, 1.82) is 0 Å². The van der Waals surface area contributed by atoms with E-state index in [1.807, 2.05) is 48.5 Å². The Hall–Kier alpha value is -4.06. The Bertz CT molecular complexity index is 1490. The fraction of sp³-hybridized carbons (Fsp3) is 0.310. The third-order valence-electron chi connectivity index (χ3n) is 6.18. The van der Waals surface area contributed by atoms with E-state index in [4.69, 9.17) is 9.47 Å². The number of esters is 1. The number of halogens is 3. The molecule has 4 rings (SSSR count). The van der Waals surface area contributed by atoms with Gasteiger partial charge in [0.05, 0.1) is 0 Å². The molecule has 1 N–H and O–H groups in total. The van der Waals surface area contributed by atoms with Gasteiger partial charge >= 0.3 is 27.7 Å². The van der Waals surface area contributed by atoms with Crippen LogP contribution in [0.3, 0.4) is 0 Å². The van der Waals surface area contributed by atoms with E-state index in [0.717, 1.165) is 34.4 Å². The lowest BCUT2D eigenvalue weighted by Gasteiger charge is -2.25. The highest BCUT2D eigenvalue weighted by molar-refractivity contribution is 7.88. The fourth-order valence-corrected chi connectivity index (χ4v) is 4.90. The lowest BCUT2D eigenvalue weighted by atomic mass is 9.98. The molecule has 0 saturated heterocycles. The van der Waals surface area contributed by atoms with Gasteiger partial charge in [-0.15, -0.1) is 0 Å². The first-order valence-corrected chi connectivity index (χ1v) is 14.0. The van der Waals surface area contributed by atoms with Crippen LogP contribution < -0.4 is 9.50 Å². The minimum Gasteiger partial charge on any atom is -0.458 e. The summed E-state index contributed by atoms with van der Waals surface area (Å²) < 4.78 is 75.4. The molecular weight excluding hydrogens is 563 g/mol. The van der Waals surface area contributed by atoms with Gasteiger partial charge in [-0.1, -0.05) is 60.7 Å². The molecule has 0 radical (unpaired) electrons. The smallest absolute Gasteiger partial charge is 0.458 e. The van der Waals surface area contributed by atoms with Gasteiger partial charge in [0, 0.05) is 12.3 Å². The zero-order valence-corrected chi connectivity index (χ0v) is 23.2. The molecule has 1 aliphatic rings. The molecular formula is C29H28F3NO7S. The van der Waals surface area contributed by atoms with E-state index < -0.39 is 45.1 Å². The van der Waals surface area contributed by atoms with Crippen molar-refractivity contribution < 1.29 is 44.8 Å². The molecule has 8 nitrogen and oxygen atoms in total. The van der Waals surface area contributed by atoms with Crippen LogP contribution in [0.25, 0.3) is 11.1 Å². The van der Waals surface area contributed by atoms with Crippen molar-refractivity contribution in [3.05, 3.63) is 89.5 Å². The van der Waals surface area contributed by atoms with Crippen molar-refractivity contribution in [1.82, 2.24) is 5.32 Å². The lowest BCUT2D eigenvalue weighted by Crippen LogP contribution is -2.46. The van der Waals surface area contributed by atoms with Gasteiger partial charge in [0.15, 0.2) is 0 Å². The van der Waals surface area contributed by atoms with E-state index in [0.29, 0.717) is 5.56 Å². The Morgan fingerprint density at radius 1 is 0.878 bits per heavy atom. The van der Waals surface area contributed by atoms with Crippen LogP contribution in [0.1, 0.15) is 43.4 Å². The molecule has 41 heavy (non-hydrogen) atoms. The Morgan fingerprint density at radius 2 is 1.41 bits per heavy atom. The minimum absolute atomic E-state index is 0.0145. The molecule has 0 aliphatic heterocycles. The summed E-state index contributed by atoms with van der Waals surface area (Å²) in [7, 11) is -5.83. The summed E-state index contributed by atoms with van der Waals surface area (Å²) in [6.45, 7) is 4.98. The predicted molar refractivity (Wildman–Crippen MR) is 144 cm³/mol. The Morgan fingerprint density at radius 3 is 1.93 bits per heavy atom. The first-order valence-electron chi connectivity index (χ1n) is 12.6. The van der Waals surface area contributed by atoms with E-state index in [1.54, 1.807) is 20.8 Å². The highest BCUT2D eigenvalue weighted by Gasteiger charge is 2.48. The van der Waals surface area contributed by atoms with Crippen molar-refractivity contribution >= 4 is 22.2 Å². The first-order chi connectivity index (χ1) is 19.1. The van der Waals surface area contributed by atoms with Gasteiger partial charge in [0.25, 0.3) is 0 Å². The number of carbonyl (C=O) groups is 2. The third kappa shape index (κ3) is 7.18. The van der Waals surface area contributed by atoms with Crippen LogP contribution in [0.4, 0.5) is 18.0 Å². The summed E-state index contributed by atoms with van der Waals surface area (Å²) in [4.78, 5) is 25.8. The second-order valence-corrected chi connectivity index (χ2v) is 11.9. The van der Waals surface area contributed by atoms with Gasteiger partial charge in [-0.2, -0.15) is 21.6 Å². The van der Waals surface area contributed by atoms with Crippen LogP contribution in [0.5, 0.6) is 5.75 Å². The number of nitrogens with one attached hydrogen (secondary N) is 1. The molecule has 0 heterocycles. The van der Waals surface area contributed by atoms with E-state index in [9.17, 15) is 31.2 Å². The summed E-state index contributed by atoms with van der Waals surface area (Å²) in [5.41, 5.74) is -1.93. The van der Waals surface area contributed by atoms with Crippen molar-refractivity contribution in [3.8, 4) is 16.9 Å². The summed E-state index contributed by atoms with van der Waals surface area (Å²) in [6, 6.07) is 19.0. The summed E-state index contributed by atoms with van der Waals surface area (Å²) in [5.74, 6) is -1.52. The topological polar surface area (TPSA) is 108 Å². The minimum atomic E-state index is -5.83. The number of alkyl halides is 3. The van der Waals surface area contributed by atoms with Crippen LogP contribution >= 0.6 is 0 Å². The van der Waals surface area contributed by atoms with E-state index >= 15 is 0 Å². The average molecular weight is 592 g/mol. The van der Waals surface area contributed by atoms with E-state index in [-0.39, 0.29) is 18.9 Å². The Balaban J connectivity index is 1.46. The monoisotopic (exact) mass is 591 g/mol. The molecule has 3 aromatic carbocycles. The Labute approximate surface area is 235 Å². The quantitative estimate of drug-likeness (QED) is 0.203. The molecule has 0 spiro atoms. The number of rotatable bonds is 8.